The summed E-state index contributed by atoms with van der Waals surface area (Å²) in [4.78, 5) is 26.0. The number of methoxy groups -OCH3 is 1. The minimum absolute atomic E-state index is 0.270. The molecule has 0 atom stereocenters. The monoisotopic (exact) mass is 373 g/mol. The number of ether oxygens (including phenoxy) is 1. The average molecular weight is 373 g/mol. The van der Waals surface area contributed by atoms with Gasteiger partial charge in [0, 0.05) is 50.8 Å². The molecule has 0 radical (unpaired) electrons. The van der Waals surface area contributed by atoms with E-state index in [4.69, 9.17) is 9.15 Å². The van der Waals surface area contributed by atoms with Crippen LogP contribution >= 0.6 is 0 Å². The first kappa shape index (κ1) is 18.7. The van der Waals surface area contributed by atoms with Crippen molar-refractivity contribution in [3.05, 3.63) is 46.7 Å². The van der Waals surface area contributed by atoms with Gasteiger partial charge in [-0.05, 0) is 19.1 Å². The van der Waals surface area contributed by atoms with E-state index in [1.165, 1.54) is 4.57 Å². The SMILES string of the molecule is CCn1cc(CN(CCOC)C(=O)Nc2ccc3c(c2)oc(=O)n3C)cn1. The van der Waals surface area contributed by atoms with Gasteiger partial charge in [0.15, 0.2) is 5.58 Å². The summed E-state index contributed by atoms with van der Waals surface area (Å²) in [5.41, 5.74) is 2.58. The van der Waals surface area contributed by atoms with E-state index in [1.807, 2.05) is 17.8 Å². The second-order valence-electron chi connectivity index (χ2n) is 6.16. The van der Waals surface area contributed by atoms with Crippen LogP contribution in [0.5, 0.6) is 0 Å². The van der Waals surface area contributed by atoms with E-state index < -0.39 is 5.76 Å². The molecule has 0 aliphatic carbocycles. The molecular formula is C18H23N5O4. The molecule has 1 aromatic carbocycles. The van der Waals surface area contributed by atoms with Crippen molar-refractivity contribution in [2.45, 2.75) is 20.0 Å². The van der Waals surface area contributed by atoms with Gasteiger partial charge in [-0.1, -0.05) is 0 Å². The molecule has 0 unspecified atom stereocenters. The summed E-state index contributed by atoms with van der Waals surface area (Å²) in [6.07, 6.45) is 3.67. The Kier molecular flexibility index (Phi) is 5.60. The van der Waals surface area contributed by atoms with E-state index in [2.05, 4.69) is 10.4 Å². The van der Waals surface area contributed by atoms with E-state index in [9.17, 15) is 9.59 Å². The van der Waals surface area contributed by atoms with Gasteiger partial charge in [-0.15, -0.1) is 0 Å². The van der Waals surface area contributed by atoms with Gasteiger partial charge in [-0.3, -0.25) is 9.25 Å². The number of carbonyl (C=O) groups excluding carboxylic acids is 1. The molecule has 9 nitrogen and oxygen atoms in total. The van der Waals surface area contributed by atoms with Gasteiger partial charge >= 0.3 is 11.8 Å². The molecule has 9 heteroatoms. The van der Waals surface area contributed by atoms with Crippen molar-refractivity contribution in [1.29, 1.82) is 0 Å². The second-order valence-corrected chi connectivity index (χ2v) is 6.16. The molecule has 27 heavy (non-hydrogen) atoms. The highest BCUT2D eigenvalue weighted by Gasteiger charge is 2.16. The van der Waals surface area contributed by atoms with E-state index in [0.29, 0.717) is 36.5 Å². The van der Waals surface area contributed by atoms with E-state index >= 15 is 0 Å². The van der Waals surface area contributed by atoms with Crippen molar-refractivity contribution in [1.82, 2.24) is 19.2 Å². The standard InChI is InChI=1S/C18H23N5O4/c1-4-23-12-13(10-19-23)11-22(7-8-26-3)17(24)20-14-5-6-15-16(9-14)27-18(25)21(15)2/h5-6,9-10,12H,4,7-8,11H2,1-3H3,(H,20,24). The average Bonchev–Trinajstić information content (AvgIpc) is 3.22. The summed E-state index contributed by atoms with van der Waals surface area (Å²) in [5.74, 6) is -0.442. The van der Waals surface area contributed by atoms with Crippen molar-refractivity contribution in [2.75, 3.05) is 25.6 Å². The van der Waals surface area contributed by atoms with Crippen LogP contribution in [-0.4, -0.2) is 45.5 Å². The minimum Gasteiger partial charge on any atom is -0.408 e. The minimum atomic E-state index is -0.442. The third-order valence-corrected chi connectivity index (χ3v) is 4.28. The highest BCUT2D eigenvalue weighted by atomic mass is 16.5. The maximum Gasteiger partial charge on any atom is 0.419 e. The van der Waals surface area contributed by atoms with Crippen LogP contribution < -0.4 is 11.1 Å². The number of benzene rings is 1. The van der Waals surface area contributed by atoms with Crippen LogP contribution in [0.3, 0.4) is 0 Å². The van der Waals surface area contributed by atoms with Crippen LogP contribution in [0, 0.1) is 0 Å². The number of nitrogens with one attached hydrogen (secondary N) is 1. The molecular weight excluding hydrogens is 350 g/mol. The molecule has 0 fully saturated rings. The fourth-order valence-corrected chi connectivity index (χ4v) is 2.75. The Hall–Kier alpha value is -3.07. The number of nitrogens with zero attached hydrogens (tertiary/aromatic N) is 4. The van der Waals surface area contributed by atoms with Crippen LogP contribution in [0.25, 0.3) is 11.1 Å². The molecule has 0 saturated heterocycles. The van der Waals surface area contributed by atoms with Gasteiger partial charge in [-0.2, -0.15) is 5.10 Å². The first-order valence-electron chi connectivity index (χ1n) is 8.67. The van der Waals surface area contributed by atoms with Crippen molar-refractivity contribution >= 4 is 22.8 Å². The van der Waals surface area contributed by atoms with Crippen LogP contribution in [0.4, 0.5) is 10.5 Å². The quantitative estimate of drug-likeness (QED) is 0.684. The van der Waals surface area contributed by atoms with Gasteiger partial charge in [0.1, 0.15) is 0 Å². The predicted molar refractivity (Wildman–Crippen MR) is 101 cm³/mol. The number of hydrogen-bond acceptors (Lipinski definition) is 5. The molecule has 2 aromatic heterocycles. The van der Waals surface area contributed by atoms with E-state index in [0.717, 1.165) is 12.1 Å². The van der Waals surface area contributed by atoms with Crippen LogP contribution in [0.15, 0.2) is 39.8 Å². The molecule has 2 amide bonds. The molecule has 0 aliphatic heterocycles. The molecule has 144 valence electrons. The van der Waals surface area contributed by atoms with Crippen molar-refractivity contribution in [3.8, 4) is 0 Å². The summed E-state index contributed by atoms with van der Waals surface area (Å²) in [5, 5.41) is 7.08. The van der Waals surface area contributed by atoms with Gasteiger partial charge in [0.05, 0.1) is 24.9 Å². The number of amides is 2. The Morgan fingerprint density at radius 1 is 1.41 bits per heavy atom. The molecule has 0 bridgehead atoms. The first-order valence-corrected chi connectivity index (χ1v) is 8.67. The van der Waals surface area contributed by atoms with Gasteiger partial charge in [0.2, 0.25) is 0 Å². The molecule has 0 spiro atoms. The summed E-state index contributed by atoms with van der Waals surface area (Å²) in [6.45, 7) is 4.04. The number of rotatable bonds is 7. The van der Waals surface area contributed by atoms with Crippen LogP contribution in [-0.2, 0) is 24.9 Å². The molecule has 3 rings (SSSR count). The molecule has 0 aliphatic rings. The van der Waals surface area contributed by atoms with E-state index in [-0.39, 0.29) is 6.03 Å². The highest BCUT2D eigenvalue weighted by molar-refractivity contribution is 5.91. The Morgan fingerprint density at radius 2 is 2.22 bits per heavy atom. The number of hydrogen-bond donors (Lipinski definition) is 1. The smallest absolute Gasteiger partial charge is 0.408 e. The van der Waals surface area contributed by atoms with Gasteiger partial charge in [-0.25, -0.2) is 9.59 Å². The summed E-state index contributed by atoms with van der Waals surface area (Å²) in [7, 11) is 3.23. The van der Waals surface area contributed by atoms with Crippen molar-refractivity contribution < 1.29 is 13.9 Å². The largest absolute Gasteiger partial charge is 0.419 e. The lowest BCUT2D eigenvalue weighted by atomic mass is 10.3. The number of aromatic nitrogens is 3. The molecule has 1 N–H and O–H groups in total. The first-order chi connectivity index (χ1) is 13.0. The number of fused-ring (bicyclic) bond motifs is 1. The topological polar surface area (TPSA) is 94.5 Å². The summed E-state index contributed by atoms with van der Waals surface area (Å²) >= 11 is 0. The fourth-order valence-electron chi connectivity index (χ4n) is 2.75. The number of anilines is 1. The molecule has 2 heterocycles. The Balaban J connectivity index is 1.75. The van der Waals surface area contributed by atoms with Crippen LogP contribution in [0.1, 0.15) is 12.5 Å². The zero-order valence-electron chi connectivity index (χ0n) is 15.6. The number of carbonyl (C=O) groups is 1. The van der Waals surface area contributed by atoms with Crippen molar-refractivity contribution in [3.63, 3.8) is 0 Å². The zero-order chi connectivity index (χ0) is 19.4. The third kappa shape index (κ3) is 4.20. The number of urea groups is 1. The molecule has 3 aromatic rings. The van der Waals surface area contributed by atoms with Crippen molar-refractivity contribution in [2.24, 2.45) is 7.05 Å². The lowest BCUT2D eigenvalue weighted by Crippen LogP contribution is -2.36. The van der Waals surface area contributed by atoms with Gasteiger partial charge in [0.25, 0.3) is 0 Å². The number of oxazole rings is 1. The molecule has 0 saturated carbocycles. The lowest BCUT2D eigenvalue weighted by Gasteiger charge is -2.22. The summed E-state index contributed by atoms with van der Waals surface area (Å²) in [6, 6.07) is 4.84. The predicted octanol–water partition coefficient (Wildman–Crippen LogP) is 2.03. The Bertz CT molecular complexity index is 987. The maximum absolute atomic E-state index is 12.7. The van der Waals surface area contributed by atoms with Gasteiger partial charge < -0.3 is 19.4 Å². The zero-order valence-corrected chi connectivity index (χ0v) is 15.6. The number of aryl methyl sites for hydroxylation is 2. The second kappa shape index (κ2) is 8.09. The Labute approximate surface area is 156 Å². The lowest BCUT2D eigenvalue weighted by molar-refractivity contribution is 0.153. The third-order valence-electron chi connectivity index (χ3n) is 4.28. The van der Waals surface area contributed by atoms with Crippen LogP contribution in [0.2, 0.25) is 0 Å². The maximum atomic E-state index is 12.7. The summed E-state index contributed by atoms with van der Waals surface area (Å²) < 4.78 is 13.5. The fraction of sp³-hybridized carbons (Fsp3) is 0.389. The Morgan fingerprint density at radius 3 is 2.93 bits per heavy atom. The van der Waals surface area contributed by atoms with E-state index in [1.54, 1.807) is 43.5 Å². The highest BCUT2D eigenvalue weighted by Crippen LogP contribution is 2.18. The normalized spacial score (nSPS) is 11.1.